The number of carbonyl (C=O) groups excluding carboxylic acids is 1. The first-order valence-corrected chi connectivity index (χ1v) is 11.0. The van der Waals surface area contributed by atoms with E-state index in [9.17, 15) is 15.0 Å². The van der Waals surface area contributed by atoms with Crippen LogP contribution >= 0.6 is 0 Å². The number of phenols is 2. The van der Waals surface area contributed by atoms with E-state index in [2.05, 4.69) is 5.32 Å². The number of hydrogen-bond acceptors (Lipinski definition) is 5. The molecule has 2 aromatic rings. The highest BCUT2D eigenvalue weighted by Crippen LogP contribution is 2.67. The van der Waals surface area contributed by atoms with Crippen molar-refractivity contribution >= 4 is 5.91 Å². The van der Waals surface area contributed by atoms with Crippen LogP contribution < -0.4 is 14.8 Å². The highest BCUT2D eigenvalue weighted by atomic mass is 16.5. The van der Waals surface area contributed by atoms with Crippen molar-refractivity contribution in [1.29, 1.82) is 0 Å². The molecule has 4 aliphatic carbocycles. The highest BCUT2D eigenvalue weighted by Gasteiger charge is 2.59. The maximum absolute atomic E-state index is 13.1. The standard InChI is InChI=1S/C25H29NO5/c1-30-22-10-23(31-2)20(25-11-14-5-15(12-25)7-17(25)6-14)9-19(22)24(29)26-13-16-3-4-18(27)8-21(16)28/h3-4,8-10,14-15,17,27-28H,5-7,11-13H2,1-2H3,(H,26,29). The normalized spacial score (nSPS) is 28.0. The highest BCUT2D eigenvalue weighted by molar-refractivity contribution is 5.97. The lowest BCUT2D eigenvalue weighted by atomic mass is 9.70. The number of rotatable bonds is 6. The van der Waals surface area contributed by atoms with E-state index in [1.54, 1.807) is 20.3 Å². The molecule has 3 N–H and O–H groups in total. The van der Waals surface area contributed by atoms with Gasteiger partial charge >= 0.3 is 0 Å². The molecule has 4 aliphatic rings. The van der Waals surface area contributed by atoms with Crippen LogP contribution in [0, 0.1) is 17.8 Å². The van der Waals surface area contributed by atoms with Crippen LogP contribution in [0.3, 0.4) is 0 Å². The summed E-state index contributed by atoms with van der Waals surface area (Å²) in [5, 5.41) is 22.4. The molecular formula is C25H29NO5. The molecule has 4 saturated carbocycles. The van der Waals surface area contributed by atoms with E-state index in [1.807, 2.05) is 12.1 Å². The van der Waals surface area contributed by atoms with Crippen LogP contribution in [0.1, 0.15) is 53.6 Å². The fourth-order valence-electron chi connectivity index (χ4n) is 6.67. The van der Waals surface area contributed by atoms with E-state index in [4.69, 9.17) is 9.47 Å². The molecule has 31 heavy (non-hydrogen) atoms. The third kappa shape index (κ3) is 3.20. The zero-order valence-corrected chi connectivity index (χ0v) is 18.0. The summed E-state index contributed by atoms with van der Waals surface area (Å²) in [5.74, 6) is 3.19. The minimum absolute atomic E-state index is 0.0194. The van der Waals surface area contributed by atoms with Crippen LogP contribution in [0.25, 0.3) is 0 Å². The van der Waals surface area contributed by atoms with E-state index in [1.165, 1.54) is 44.2 Å². The van der Waals surface area contributed by atoms with Crippen LogP contribution in [0.5, 0.6) is 23.0 Å². The number of hydrogen-bond donors (Lipinski definition) is 3. The first-order chi connectivity index (χ1) is 14.9. The van der Waals surface area contributed by atoms with Gasteiger partial charge in [-0.15, -0.1) is 0 Å². The smallest absolute Gasteiger partial charge is 0.255 e. The zero-order valence-electron chi connectivity index (χ0n) is 18.0. The molecule has 6 nitrogen and oxygen atoms in total. The van der Waals surface area contributed by atoms with Crippen molar-refractivity contribution < 1.29 is 24.5 Å². The van der Waals surface area contributed by atoms with Crippen molar-refractivity contribution in [2.75, 3.05) is 14.2 Å². The topological polar surface area (TPSA) is 88.0 Å². The monoisotopic (exact) mass is 423 g/mol. The number of methoxy groups -OCH3 is 2. The summed E-state index contributed by atoms with van der Waals surface area (Å²) in [4.78, 5) is 13.1. The van der Waals surface area contributed by atoms with Crippen molar-refractivity contribution in [1.82, 2.24) is 5.32 Å². The van der Waals surface area contributed by atoms with E-state index in [0.717, 1.165) is 23.1 Å². The lowest BCUT2D eigenvalue weighted by Crippen LogP contribution is -2.30. The maximum atomic E-state index is 13.1. The van der Waals surface area contributed by atoms with Gasteiger partial charge in [0, 0.05) is 35.2 Å². The van der Waals surface area contributed by atoms with Gasteiger partial charge in [-0.3, -0.25) is 4.79 Å². The van der Waals surface area contributed by atoms with Crippen LogP contribution in [0.2, 0.25) is 0 Å². The predicted octanol–water partition coefficient (Wildman–Crippen LogP) is 4.12. The van der Waals surface area contributed by atoms with Gasteiger partial charge in [-0.05, 0) is 68.1 Å². The summed E-state index contributed by atoms with van der Waals surface area (Å²) in [6.07, 6.45) is 6.28. The number of ether oxygens (including phenoxy) is 2. The molecule has 0 spiro atoms. The third-order valence-electron chi connectivity index (χ3n) is 7.80. The Morgan fingerprint density at radius 1 is 1.03 bits per heavy atom. The summed E-state index contributed by atoms with van der Waals surface area (Å²) < 4.78 is 11.3. The molecule has 2 unspecified atom stereocenters. The molecule has 4 fully saturated rings. The molecule has 0 saturated heterocycles. The second-order valence-corrected chi connectivity index (χ2v) is 9.45. The first kappa shape index (κ1) is 20.0. The Morgan fingerprint density at radius 2 is 1.74 bits per heavy atom. The number of phenolic OH excluding ortho intramolecular Hbond substituents is 2. The third-order valence-corrected chi connectivity index (χ3v) is 7.80. The lowest BCUT2D eigenvalue weighted by Gasteiger charge is -2.35. The number of carbonyl (C=O) groups is 1. The Balaban J connectivity index is 1.47. The number of benzene rings is 2. The summed E-state index contributed by atoms with van der Waals surface area (Å²) in [6.45, 7) is 0.146. The van der Waals surface area contributed by atoms with Gasteiger partial charge in [-0.1, -0.05) is 0 Å². The number of nitrogens with one attached hydrogen (secondary N) is 1. The molecule has 2 aromatic carbocycles. The van der Waals surface area contributed by atoms with Gasteiger partial charge in [-0.2, -0.15) is 0 Å². The van der Waals surface area contributed by atoms with Crippen LogP contribution in [0.4, 0.5) is 0 Å². The second kappa shape index (κ2) is 7.36. The van der Waals surface area contributed by atoms with Crippen molar-refractivity contribution in [2.45, 2.75) is 44.1 Å². The van der Waals surface area contributed by atoms with Crippen molar-refractivity contribution in [3.8, 4) is 23.0 Å². The van der Waals surface area contributed by atoms with E-state index in [-0.39, 0.29) is 29.4 Å². The molecule has 6 rings (SSSR count). The summed E-state index contributed by atoms with van der Waals surface area (Å²) in [6, 6.07) is 8.16. The van der Waals surface area contributed by atoms with Crippen molar-refractivity contribution in [3.63, 3.8) is 0 Å². The Kier molecular flexibility index (Phi) is 4.76. The van der Waals surface area contributed by atoms with E-state index < -0.39 is 0 Å². The van der Waals surface area contributed by atoms with Gasteiger partial charge in [0.15, 0.2) is 0 Å². The summed E-state index contributed by atoms with van der Waals surface area (Å²) in [7, 11) is 3.24. The van der Waals surface area contributed by atoms with E-state index >= 15 is 0 Å². The molecule has 2 atom stereocenters. The Bertz CT molecular complexity index is 1020. The minimum Gasteiger partial charge on any atom is -0.508 e. The van der Waals surface area contributed by atoms with Crippen LogP contribution in [-0.2, 0) is 12.0 Å². The molecule has 0 aromatic heterocycles. The second-order valence-electron chi connectivity index (χ2n) is 9.45. The van der Waals surface area contributed by atoms with Gasteiger partial charge < -0.3 is 25.0 Å². The summed E-state index contributed by atoms with van der Waals surface area (Å²) in [5.41, 5.74) is 2.26. The van der Waals surface area contributed by atoms with Crippen molar-refractivity contribution in [2.24, 2.45) is 17.8 Å². The molecule has 6 heteroatoms. The predicted molar refractivity (Wildman–Crippen MR) is 116 cm³/mol. The number of aromatic hydroxyl groups is 2. The molecule has 0 heterocycles. The SMILES string of the molecule is COc1cc(OC)c(C23CC4CC(CC2C4)C3)cc1C(=O)NCc1ccc(O)cc1O. The summed E-state index contributed by atoms with van der Waals surface area (Å²) >= 11 is 0. The Hall–Kier alpha value is -2.89. The minimum atomic E-state index is -0.262. The molecular weight excluding hydrogens is 394 g/mol. The largest absolute Gasteiger partial charge is 0.508 e. The van der Waals surface area contributed by atoms with Gasteiger partial charge in [0.2, 0.25) is 0 Å². The van der Waals surface area contributed by atoms with Gasteiger partial charge in [0.05, 0.1) is 19.8 Å². The van der Waals surface area contributed by atoms with Crippen molar-refractivity contribution in [3.05, 3.63) is 47.0 Å². The fourth-order valence-corrected chi connectivity index (χ4v) is 6.67. The average Bonchev–Trinajstić information content (AvgIpc) is 3.16. The van der Waals surface area contributed by atoms with Crippen LogP contribution in [0.15, 0.2) is 30.3 Å². The van der Waals surface area contributed by atoms with Crippen LogP contribution in [-0.4, -0.2) is 30.3 Å². The molecule has 164 valence electrons. The van der Waals surface area contributed by atoms with E-state index in [0.29, 0.717) is 22.8 Å². The molecule has 0 aliphatic heterocycles. The molecule has 4 bridgehead atoms. The average molecular weight is 424 g/mol. The zero-order chi connectivity index (χ0) is 21.8. The fraction of sp³-hybridized carbons (Fsp3) is 0.480. The maximum Gasteiger partial charge on any atom is 0.255 e. The van der Waals surface area contributed by atoms with Gasteiger partial charge in [0.1, 0.15) is 23.0 Å². The lowest BCUT2D eigenvalue weighted by molar-refractivity contribution is 0.0947. The molecule has 0 radical (unpaired) electrons. The first-order valence-electron chi connectivity index (χ1n) is 11.0. The Labute approximate surface area is 182 Å². The molecule has 1 amide bonds. The van der Waals surface area contributed by atoms with Gasteiger partial charge in [-0.25, -0.2) is 0 Å². The van der Waals surface area contributed by atoms with Gasteiger partial charge in [0.25, 0.3) is 5.91 Å². The Morgan fingerprint density at radius 3 is 2.39 bits per heavy atom. The number of amides is 1. The quantitative estimate of drug-likeness (QED) is 0.650.